The van der Waals surface area contributed by atoms with Crippen molar-refractivity contribution in [3.63, 3.8) is 0 Å². The van der Waals surface area contributed by atoms with Crippen molar-refractivity contribution in [3.8, 4) is 11.5 Å². The van der Waals surface area contributed by atoms with Crippen LogP contribution in [-0.4, -0.2) is 20.3 Å². The molecule has 0 radical (unpaired) electrons. The molecule has 0 aromatic heterocycles. The maximum absolute atomic E-state index is 6.07. The molecule has 1 aromatic carbocycles. The fraction of sp³-hybridized carbons (Fsp3) is 0.667. The molecule has 0 amide bonds. The number of hydrogen-bond donors (Lipinski definition) is 1. The van der Waals surface area contributed by atoms with Crippen molar-refractivity contribution in [2.75, 3.05) is 20.3 Å². The molecule has 3 nitrogen and oxygen atoms in total. The van der Waals surface area contributed by atoms with Crippen LogP contribution in [0, 0.1) is 11.8 Å². The molecule has 3 heteroatoms. The van der Waals surface area contributed by atoms with E-state index in [1.807, 2.05) is 12.1 Å². The van der Waals surface area contributed by atoms with Crippen LogP contribution in [0.15, 0.2) is 18.2 Å². The van der Waals surface area contributed by atoms with E-state index >= 15 is 0 Å². The van der Waals surface area contributed by atoms with Crippen molar-refractivity contribution in [3.05, 3.63) is 23.8 Å². The van der Waals surface area contributed by atoms with Crippen LogP contribution in [0.5, 0.6) is 11.5 Å². The molecule has 0 spiro atoms. The third-order valence-corrected chi connectivity index (χ3v) is 3.44. The highest BCUT2D eigenvalue weighted by molar-refractivity contribution is 5.46. The second-order valence-electron chi connectivity index (χ2n) is 6.18. The van der Waals surface area contributed by atoms with Gasteiger partial charge in [-0.25, -0.2) is 0 Å². The molecule has 1 N–H and O–H groups in total. The van der Waals surface area contributed by atoms with Crippen molar-refractivity contribution < 1.29 is 9.47 Å². The second-order valence-corrected chi connectivity index (χ2v) is 6.18. The van der Waals surface area contributed by atoms with E-state index in [1.165, 1.54) is 18.4 Å². The molecule has 0 aliphatic carbocycles. The summed E-state index contributed by atoms with van der Waals surface area (Å²) in [5.74, 6) is 2.92. The molecule has 1 atom stereocenters. The Kier molecular flexibility index (Phi) is 8.21. The van der Waals surface area contributed by atoms with Crippen molar-refractivity contribution in [1.82, 2.24) is 5.32 Å². The first-order valence-corrected chi connectivity index (χ1v) is 8.07. The largest absolute Gasteiger partial charge is 0.493 e. The van der Waals surface area contributed by atoms with E-state index < -0.39 is 0 Å². The fourth-order valence-corrected chi connectivity index (χ4v) is 2.32. The van der Waals surface area contributed by atoms with Gasteiger partial charge < -0.3 is 14.8 Å². The number of hydrogen-bond acceptors (Lipinski definition) is 3. The molecule has 21 heavy (non-hydrogen) atoms. The zero-order valence-electron chi connectivity index (χ0n) is 14.2. The van der Waals surface area contributed by atoms with Crippen molar-refractivity contribution in [1.29, 1.82) is 0 Å². The average Bonchev–Trinajstić information content (AvgIpc) is 2.45. The summed E-state index contributed by atoms with van der Waals surface area (Å²) in [6.07, 6.45) is 2.38. The number of nitrogens with one attached hydrogen (secondary N) is 1. The summed E-state index contributed by atoms with van der Waals surface area (Å²) in [6, 6.07) is 6.09. The highest BCUT2D eigenvalue weighted by atomic mass is 16.5. The Bertz CT molecular complexity index is 404. The number of ether oxygens (including phenoxy) is 2. The molecule has 0 bridgehead atoms. The van der Waals surface area contributed by atoms with Gasteiger partial charge in [-0.2, -0.15) is 0 Å². The zero-order valence-corrected chi connectivity index (χ0v) is 14.2. The predicted molar refractivity (Wildman–Crippen MR) is 89.1 cm³/mol. The van der Waals surface area contributed by atoms with E-state index in [4.69, 9.17) is 9.47 Å². The number of methoxy groups -OCH3 is 1. The molecule has 0 heterocycles. The Balaban J connectivity index is 2.72. The first kappa shape index (κ1) is 17.8. The van der Waals surface area contributed by atoms with Gasteiger partial charge in [0, 0.05) is 12.1 Å². The van der Waals surface area contributed by atoms with Gasteiger partial charge in [-0.1, -0.05) is 46.2 Å². The molecule has 0 aliphatic rings. The first-order chi connectivity index (χ1) is 10.1. The van der Waals surface area contributed by atoms with Crippen LogP contribution in [0.2, 0.25) is 0 Å². The Morgan fingerprint density at radius 1 is 1.19 bits per heavy atom. The summed E-state index contributed by atoms with van der Waals surface area (Å²) >= 11 is 0. The van der Waals surface area contributed by atoms with Crippen LogP contribution in [0.3, 0.4) is 0 Å². The van der Waals surface area contributed by atoms with Gasteiger partial charge in [-0.15, -0.1) is 0 Å². The summed E-state index contributed by atoms with van der Waals surface area (Å²) in [5, 5.41) is 3.47. The molecule has 1 rings (SSSR count). The summed E-state index contributed by atoms with van der Waals surface area (Å²) < 4.78 is 11.5. The third-order valence-electron chi connectivity index (χ3n) is 3.44. The maximum Gasteiger partial charge on any atom is 0.165 e. The van der Waals surface area contributed by atoms with E-state index in [2.05, 4.69) is 39.1 Å². The molecule has 1 unspecified atom stereocenters. The Morgan fingerprint density at radius 2 is 1.95 bits per heavy atom. The van der Waals surface area contributed by atoms with E-state index in [0.717, 1.165) is 31.2 Å². The maximum atomic E-state index is 6.07. The van der Waals surface area contributed by atoms with Crippen molar-refractivity contribution >= 4 is 0 Å². The van der Waals surface area contributed by atoms with Crippen LogP contribution in [0.4, 0.5) is 0 Å². The summed E-state index contributed by atoms with van der Waals surface area (Å²) in [5.41, 5.74) is 1.17. The van der Waals surface area contributed by atoms with Gasteiger partial charge in [0.25, 0.3) is 0 Å². The van der Waals surface area contributed by atoms with Crippen molar-refractivity contribution in [2.24, 2.45) is 11.8 Å². The summed E-state index contributed by atoms with van der Waals surface area (Å²) in [4.78, 5) is 0. The topological polar surface area (TPSA) is 30.5 Å². The molecule has 0 saturated heterocycles. The predicted octanol–water partition coefficient (Wildman–Crippen LogP) is 4.26. The number of rotatable bonds is 10. The average molecular weight is 293 g/mol. The van der Waals surface area contributed by atoms with Crippen LogP contribution in [0.1, 0.15) is 46.1 Å². The lowest BCUT2D eigenvalue weighted by molar-refractivity contribution is 0.237. The Morgan fingerprint density at radius 3 is 2.57 bits per heavy atom. The van der Waals surface area contributed by atoms with Gasteiger partial charge in [0.2, 0.25) is 0 Å². The van der Waals surface area contributed by atoms with E-state index in [9.17, 15) is 0 Å². The lowest BCUT2D eigenvalue weighted by Gasteiger charge is -2.18. The van der Waals surface area contributed by atoms with E-state index in [1.54, 1.807) is 7.11 Å². The monoisotopic (exact) mass is 293 g/mol. The minimum atomic E-state index is 0.566. The molecule has 1 aromatic rings. The van der Waals surface area contributed by atoms with Crippen LogP contribution in [-0.2, 0) is 6.54 Å². The fourth-order valence-electron chi connectivity index (χ4n) is 2.32. The number of para-hydroxylation sites is 1. The molecule has 0 saturated carbocycles. The van der Waals surface area contributed by atoms with Gasteiger partial charge in [-0.05, 0) is 30.9 Å². The summed E-state index contributed by atoms with van der Waals surface area (Å²) in [6.45, 7) is 11.4. The minimum absolute atomic E-state index is 0.566. The van der Waals surface area contributed by atoms with Crippen LogP contribution >= 0.6 is 0 Å². The SMILES string of the molecule is CCCC(C)COc1c(CNCC(C)C)cccc1OC. The van der Waals surface area contributed by atoms with Crippen LogP contribution < -0.4 is 14.8 Å². The van der Waals surface area contributed by atoms with E-state index in [0.29, 0.717) is 11.8 Å². The Hall–Kier alpha value is -1.22. The van der Waals surface area contributed by atoms with E-state index in [-0.39, 0.29) is 0 Å². The minimum Gasteiger partial charge on any atom is -0.493 e. The lowest BCUT2D eigenvalue weighted by Crippen LogP contribution is -2.20. The quantitative estimate of drug-likeness (QED) is 0.699. The highest BCUT2D eigenvalue weighted by Crippen LogP contribution is 2.31. The zero-order chi connectivity index (χ0) is 15.7. The number of benzene rings is 1. The van der Waals surface area contributed by atoms with Gasteiger partial charge in [0.05, 0.1) is 13.7 Å². The smallest absolute Gasteiger partial charge is 0.165 e. The normalized spacial score (nSPS) is 12.5. The standard InChI is InChI=1S/C18H31NO2/c1-6-8-15(4)13-21-18-16(12-19-11-14(2)3)9-7-10-17(18)20-5/h7,9-10,14-15,19H,6,8,11-13H2,1-5H3. The van der Waals surface area contributed by atoms with Crippen molar-refractivity contribution in [2.45, 2.75) is 47.1 Å². The van der Waals surface area contributed by atoms with Gasteiger partial charge >= 0.3 is 0 Å². The molecular weight excluding hydrogens is 262 g/mol. The molecule has 0 aliphatic heterocycles. The highest BCUT2D eigenvalue weighted by Gasteiger charge is 2.12. The molecule has 120 valence electrons. The third kappa shape index (κ3) is 6.38. The molecule has 0 fully saturated rings. The lowest BCUT2D eigenvalue weighted by atomic mass is 10.1. The molecular formula is C18H31NO2. The Labute approximate surface area is 130 Å². The van der Waals surface area contributed by atoms with Gasteiger partial charge in [0.15, 0.2) is 11.5 Å². The summed E-state index contributed by atoms with van der Waals surface area (Å²) in [7, 11) is 1.70. The second kappa shape index (κ2) is 9.67. The van der Waals surface area contributed by atoms with Crippen LogP contribution in [0.25, 0.3) is 0 Å². The van der Waals surface area contributed by atoms with Gasteiger partial charge in [-0.3, -0.25) is 0 Å². The van der Waals surface area contributed by atoms with Gasteiger partial charge in [0.1, 0.15) is 0 Å². The first-order valence-electron chi connectivity index (χ1n) is 8.07.